The maximum atomic E-state index is 9.81. The van der Waals surface area contributed by atoms with E-state index in [9.17, 15) is 5.11 Å². The lowest BCUT2D eigenvalue weighted by Crippen LogP contribution is -2.22. The first kappa shape index (κ1) is 10.8. The third kappa shape index (κ3) is 1.44. The van der Waals surface area contributed by atoms with E-state index in [-0.39, 0.29) is 11.3 Å². The molecular weight excluding hydrogens is 210 g/mol. The highest BCUT2D eigenvalue weighted by Gasteiger charge is 2.43. The van der Waals surface area contributed by atoms with E-state index in [0.29, 0.717) is 5.02 Å². The van der Waals surface area contributed by atoms with E-state index in [2.05, 4.69) is 0 Å². The van der Waals surface area contributed by atoms with Crippen LogP contribution < -0.4 is 5.73 Å². The normalized spacial score (nSPS) is 17.9. The topological polar surface area (TPSA) is 46.2 Å². The lowest BCUT2D eigenvalue weighted by atomic mass is 9.91. The van der Waals surface area contributed by atoms with E-state index in [4.69, 9.17) is 17.3 Å². The first-order valence-corrected chi connectivity index (χ1v) is 5.54. The molecule has 0 unspecified atom stereocenters. The fourth-order valence-corrected chi connectivity index (χ4v) is 2.47. The molecule has 3 N–H and O–H groups in total. The number of benzene rings is 1. The van der Waals surface area contributed by atoms with Crippen LogP contribution in [0.5, 0.6) is 5.75 Å². The van der Waals surface area contributed by atoms with E-state index >= 15 is 0 Å². The first-order chi connectivity index (χ1) is 6.88. The van der Waals surface area contributed by atoms with Gasteiger partial charge in [-0.15, -0.1) is 0 Å². The average molecular weight is 226 g/mol. The van der Waals surface area contributed by atoms with Gasteiger partial charge in [-0.2, -0.15) is 0 Å². The van der Waals surface area contributed by atoms with Gasteiger partial charge in [0.2, 0.25) is 0 Å². The summed E-state index contributed by atoms with van der Waals surface area (Å²) >= 11 is 6.09. The maximum absolute atomic E-state index is 9.81. The summed E-state index contributed by atoms with van der Waals surface area (Å²) in [7, 11) is 0. The maximum Gasteiger partial charge on any atom is 0.137 e. The predicted molar refractivity (Wildman–Crippen MR) is 62.4 cm³/mol. The minimum atomic E-state index is -0.198. The van der Waals surface area contributed by atoms with Crippen LogP contribution in [-0.4, -0.2) is 5.11 Å². The largest absolute Gasteiger partial charge is 0.506 e. The van der Waals surface area contributed by atoms with Gasteiger partial charge in [0.15, 0.2) is 0 Å². The molecule has 0 radical (unpaired) electrons. The van der Waals surface area contributed by atoms with Gasteiger partial charge in [0.25, 0.3) is 0 Å². The van der Waals surface area contributed by atoms with Gasteiger partial charge in [-0.3, -0.25) is 0 Å². The Kier molecular flexibility index (Phi) is 2.25. The van der Waals surface area contributed by atoms with Gasteiger partial charge in [-0.25, -0.2) is 0 Å². The molecule has 15 heavy (non-hydrogen) atoms. The Morgan fingerprint density at radius 3 is 2.13 bits per heavy atom. The lowest BCUT2D eigenvalue weighted by Gasteiger charge is -2.20. The second-order valence-electron chi connectivity index (χ2n) is 4.57. The Morgan fingerprint density at radius 2 is 1.67 bits per heavy atom. The molecule has 3 heteroatoms. The summed E-state index contributed by atoms with van der Waals surface area (Å²) in [5, 5.41) is 10.3. The molecule has 0 bridgehead atoms. The van der Waals surface area contributed by atoms with Crippen molar-refractivity contribution in [2.45, 2.75) is 39.2 Å². The smallest absolute Gasteiger partial charge is 0.137 e. The summed E-state index contributed by atoms with van der Waals surface area (Å²) in [5.41, 5.74) is 10.00. The van der Waals surface area contributed by atoms with Gasteiger partial charge in [0.05, 0.1) is 5.02 Å². The molecule has 0 amide bonds. The number of rotatable bonds is 1. The first-order valence-electron chi connectivity index (χ1n) is 5.16. The molecule has 2 rings (SSSR count). The third-order valence-corrected chi connectivity index (χ3v) is 3.95. The zero-order chi connectivity index (χ0) is 11.4. The molecule has 0 aliphatic heterocycles. The Balaban J connectivity index is 2.74. The average Bonchev–Trinajstić information content (AvgIpc) is 2.91. The number of nitrogens with two attached hydrogens (primary N) is 1. The summed E-state index contributed by atoms with van der Waals surface area (Å²) in [6.07, 6.45) is 2.02. The van der Waals surface area contributed by atoms with Crippen LogP contribution in [0.15, 0.2) is 0 Å². The quantitative estimate of drug-likeness (QED) is 0.772. The van der Waals surface area contributed by atoms with Crippen LogP contribution in [0.2, 0.25) is 5.02 Å². The van der Waals surface area contributed by atoms with Crippen LogP contribution in [-0.2, 0) is 5.54 Å². The minimum absolute atomic E-state index is 0.194. The Bertz CT molecular complexity index is 407. The number of phenolic OH excluding ortho intramolecular Hbond substituents is 1. The second kappa shape index (κ2) is 3.13. The third-order valence-electron chi connectivity index (χ3n) is 3.49. The highest BCUT2D eigenvalue weighted by atomic mass is 35.5. The van der Waals surface area contributed by atoms with Crippen molar-refractivity contribution in [1.82, 2.24) is 0 Å². The molecule has 0 heterocycles. The Labute approximate surface area is 95.1 Å². The van der Waals surface area contributed by atoms with Crippen LogP contribution in [0.3, 0.4) is 0 Å². The summed E-state index contributed by atoms with van der Waals surface area (Å²) < 4.78 is 0. The van der Waals surface area contributed by atoms with E-state index < -0.39 is 0 Å². The number of phenols is 1. The van der Waals surface area contributed by atoms with Crippen molar-refractivity contribution in [2.24, 2.45) is 5.73 Å². The van der Waals surface area contributed by atoms with Crippen molar-refractivity contribution < 1.29 is 5.11 Å². The van der Waals surface area contributed by atoms with Crippen LogP contribution in [0, 0.1) is 20.8 Å². The van der Waals surface area contributed by atoms with Crippen molar-refractivity contribution >= 4 is 11.6 Å². The molecule has 1 saturated carbocycles. The van der Waals surface area contributed by atoms with Crippen LogP contribution in [0.25, 0.3) is 0 Å². The van der Waals surface area contributed by atoms with E-state index in [1.807, 2.05) is 20.8 Å². The molecule has 0 aromatic heterocycles. The molecule has 82 valence electrons. The molecule has 2 nitrogen and oxygen atoms in total. The molecule has 0 atom stereocenters. The van der Waals surface area contributed by atoms with Crippen molar-refractivity contribution in [3.63, 3.8) is 0 Å². The number of hydrogen-bond acceptors (Lipinski definition) is 2. The van der Waals surface area contributed by atoms with Crippen LogP contribution in [0.1, 0.15) is 35.1 Å². The van der Waals surface area contributed by atoms with Crippen molar-refractivity contribution in [2.75, 3.05) is 0 Å². The summed E-state index contributed by atoms with van der Waals surface area (Å²) in [4.78, 5) is 0. The zero-order valence-electron chi connectivity index (χ0n) is 9.32. The Morgan fingerprint density at radius 1 is 1.13 bits per heavy atom. The zero-order valence-corrected chi connectivity index (χ0v) is 10.1. The molecule has 1 aliphatic carbocycles. The lowest BCUT2D eigenvalue weighted by molar-refractivity contribution is 0.469. The van der Waals surface area contributed by atoms with Crippen molar-refractivity contribution in [3.8, 4) is 5.75 Å². The van der Waals surface area contributed by atoms with Gasteiger partial charge >= 0.3 is 0 Å². The standard InChI is InChI=1S/C12H16ClNO/c1-6-7(2)11(15)10(13)8(3)9(6)12(14)4-5-12/h15H,4-5,14H2,1-3H3. The SMILES string of the molecule is Cc1c(C)c(C2(N)CC2)c(C)c(Cl)c1O. The van der Waals surface area contributed by atoms with Crippen LogP contribution in [0.4, 0.5) is 0 Å². The molecule has 1 fully saturated rings. The fraction of sp³-hybridized carbons (Fsp3) is 0.500. The fourth-order valence-electron chi connectivity index (χ4n) is 2.23. The number of aromatic hydroxyl groups is 1. The summed E-state index contributed by atoms with van der Waals surface area (Å²) in [6.45, 7) is 5.81. The van der Waals surface area contributed by atoms with Crippen LogP contribution >= 0.6 is 11.6 Å². The highest BCUT2D eigenvalue weighted by molar-refractivity contribution is 6.33. The molecule has 1 aromatic carbocycles. The van der Waals surface area contributed by atoms with E-state index in [1.54, 1.807) is 0 Å². The summed E-state index contributed by atoms with van der Waals surface area (Å²) in [5.74, 6) is 0.194. The van der Waals surface area contributed by atoms with Gasteiger partial charge in [-0.05, 0) is 55.9 Å². The molecule has 1 aromatic rings. The second-order valence-corrected chi connectivity index (χ2v) is 4.95. The van der Waals surface area contributed by atoms with Gasteiger partial charge in [-0.1, -0.05) is 11.6 Å². The van der Waals surface area contributed by atoms with Gasteiger partial charge in [0.1, 0.15) is 5.75 Å². The van der Waals surface area contributed by atoms with Crippen molar-refractivity contribution in [3.05, 3.63) is 27.3 Å². The monoisotopic (exact) mass is 225 g/mol. The predicted octanol–water partition coefficient (Wildman–Crippen LogP) is 2.92. The highest BCUT2D eigenvalue weighted by Crippen LogP contribution is 2.49. The molecule has 0 saturated heterocycles. The molecule has 0 spiro atoms. The Hall–Kier alpha value is -0.730. The number of halogens is 1. The van der Waals surface area contributed by atoms with Crippen molar-refractivity contribution in [1.29, 1.82) is 0 Å². The molecular formula is C12H16ClNO. The van der Waals surface area contributed by atoms with Gasteiger partial charge < -0.3 is 10.8 Å². The minimum Gasteiger partial charge on any atom is -0.506 e. The molecule has 1 aliphatic rings. The van der Waals surface area contributed by atoms with Gasteiger partial charge in [0, 0.05) is 5.54 Å². The van der Waals surface area contributed by atoms with E-state index in [0.717, 1.165) is 35.1 Å². The number of hydrogen-bond donors (Lipinski definition) is 2. The summed E-state index contributed by atoms with van der Waals surface area (Å²) in [6, 6.07) is 0. The van der Waals surface area contributed by atoms with E-state index in [1.165, 1.54) is 0 Å².